The molecule has 0 saturated heterocycles. The van der Waals surface area contributed by atoms with Crippen molar-refractivity contribution in [3.05, 3.63) is 35.5 Å². The normalized spacial score (nSPS) is 10.2. The summed E-state index contributed by atoms with van der Waals surface area (Å²) in [6.07, 6.45) is 4.79. The quantitative estimate of drug-likeness (QED) is 0.751. The van der Waals surface area contributed by atoms with Gasteiger partial charge in [0.25, 0.3) is 0 Å². The van der Waals surface area contributed by atoms with Crippen LogP contribution < -0.4 is 4.74 Å². The van der Waals surface area contributed by atoms with Crippen molar-refractivity contribution in [1.82, 2.24) is 15.0 Å². The van der Waals surface area contributed by atoms with E-state index in [1.165, 1.54) is 6.33 Å². The highest BCUT2D eigenvalue weighted by Crippen LogP contribution is 2.26. The summed E-state index contributed by atoms with van der Waals surface area (Å²) < 4.78 is 5.11. The van der Waals surface area contributed by atoms with Crippen LogP contribution in [0.2, 0.25) is 5.15 Å². The molecule has 2 aromatic rings. The first-order chi connectivity index (χ1) is 7.72. The summed E-state index contributed by atoms with van der Waals surface area (Å²) in [5.74, 6) is 0.687. The molecule has 4 nitrogen and oxygen atoms in total. The Hall–Kier alpha value is -1.68. The van der Waals surface area contributed by atoms with Crippen LogP contribution >= 0.6 is 11.6 Å². The fourth-order valence-corrected chi connectivity index (χ4v) is 1.51. The van der Waals surface area contributed by atoms with E-state index in [-0.39, 0.29) is 0 Å². The summed E-state index contributed by atoms with van der Waals surface area (Å²) in [5.41, 5.74) is 2.46. The average molecular weight is 236 g/mol. The molecule has 0 aromatic carbocycles. The number of ether oxygens (including phenoxy) is 1. The lowest BCUT2D eigenvalue weighted by molar-refractivity contribution is 0.413. The second kappa shape index (κ2) is 4.45. The van der Waals surface area contributed by atoms with Gasteiger partial charge in [0, 0.05) is 17.3 Å². The molecule has 0 atom stereocenters. The molecule has 0 N–H and O–H groups in total. The van der Waals surface area contributed by atoms with Crippen LogP contribution in [0.3, 0.4) is 0 Å². The first kappa shape index (κ1) is 10.8. The van der Waals surface area contributed by atoms with E-state index in [0.717, 1.165) is 16.8 Å². The van der Waals surface area contributed by atoms with Crippen LogP contribution in [0, 0.1) is 6.92 Å². The summed E-state index contributed by atoms with van der Waals surface area (Å²) in [6.45, 7) is 1.87. The molecule has 0 amide bonds. The molecule has 2 heterocycles. The molecule has 5 heteroatoms. The van der Waals surface area contributed by atoms with Crippen molar-refractivity contribution in [2.45, 2.75) is 6.92 Å². The van der Waals surface area contributed by atoms with E-state index >= 15 is 0 Å². The molecule has 0 aliphatic carbocycles. The number of hydrogen-bond donors (Lipinski definition) is 0. The summed E-state index contributed by atoms with van der Waals surface area (Å²) in [4.78, 5) is 12.2. The zero-order chi connectivity index (χ0) is 11.5. The van der Waals surface area contributed by atoms with Crippen LogP contribution in [0.4, 0.5) is 0 Å². The number of nitrogens with zero attached hydrogens (tertiary/aromatic N) is 3. The third kappa shape index (κ3) is 1.97. The van der Waals surface area contributed by atoms with Gasteiger partial charge < -0.3 is 4.74 Å². The van der Waals surface area contributed by atoms with E-state index in [1.807, 2.05) is 13.0 Å². The third-order valence-electron chi connectivity index (χ3n) is 2.24. The van der Waals surface area contributed by atoms with Gasteiger partial charge in [-0.25, -0.2) is 9.97 Å². The lowest BCUT2D eigenvalue weighted by Crippen LogP contribution is -1.93. The predicted molar refractivity (Wildman–Crippen MR) is 61.6 cm³/mol. The van der Waals surface area contributed by atoms with Crippen molar-refractivity contribution in [3.63, 3.8) is 0 Å². The minimum Gasteiger partial charge on any atom is -0.495 e. The fourth-order valence-electron chi connectivity index (χ4n) is 1.38. The molecular weight excluding hydrogens is 226 g/mol. The highest BCUT2D eigenvalue weighted by Gasteiger charge is 2.08. The van der Waals surface area contributed by atoms with E-state index in [0.29, 0.717) is 10.9 Å². The van der Waals surface area contributed by atoms with Gasteiger partial charge in [0.2, 0.25) is 0 Å². The maximum atomic E-state index is 5.93. The zero-order valence-electron chi connectivity index (χ0n) is 8.94. The Balaban J connectivity index is 2.54. The highest BCUT2D eigenvalue weighted by atomic mass is 35.5. The zero-order valence-corrected chi connectivity index (χ0v) is 9.69. The maximum Gasteiger partial charge on any atom is 0.137 e. The van der Waals surface area contributed by atoms with Crippen LogP contribution in [0.25, 0.3) is 11.3 Å². The van der Waals surface area contributed by atoms with Gasteiger partial charge in [0.15, 0.2) is 0 Å². The SMILES string of the molecule is COc1cncc(-c2ncnc(Cl)c2C)c1. The number of aromatic nitrogens is 3. The Morgan fingerprint density at radius 1 is 1.25 bits per heavy atom. The summed E-state index contributed by atoms with van der Waals surface area (Å²) >= 11 is 5.93. The first-order valence-electron chi connectivity index (χ1n) is 4.69. The van der Waals surface area contributed by atoms with Crippen molar-refractivity contribution in [3.8, 4) is 17.0 Å². The molecule has 82 valence electrons. The Morgan fingerprint density at radius 3 is 2.81 bits per heavy atom. The second-order valence-corrected chi connectivity index (χ2v) is 3.61. The molecule has 0 unspecified atom stereocenters. The van der Waals surface area contributed by atoms with Gasteiger partial charge in [-0.3, -0.25) is 4.98 Å². The Labute approximate surface area is 98.3 Å². The Morgan fingerprint density at radius 2 is 2.06 bits per heavy atom. The van der Waals surface area contributed by atoms with Gasteiger partial charge >= 0.3 is 0 Å². The lowest BCUT2D eigenvalue weighted by Gasteiger charge is -2.06. The summed E-state index contributed by atoms with van der Waals surface area (Å²) in [6, 6.07) is 1.86. The van der Waals surface area contributed by atoms with Gasteiger partial charge in [-0.1, -0.05) is 11.6 Å². The third-order valence-corrected chi connectivity index (χ3v) is 2.63. The standard InChI is InChI=1S/C11H10ClN3O/c1-7-10(14-6-15-11(7)12)8-3-9(16-2)5-13-4-8/h3-6H,1-2H3. The Kier molecular flexibility index (Phi) is 3.01. The molecule has 0 fully saturated rings. The van der Waals surface area contributed by atoms with E-state index in [1.54, 1.807) is 19.5 Å². The molecule has 2 rings (SSSR count). The fraction of sp³-hybridized carbons (Fsp3) is 0.182. The number of halogens is 1. The van der Waals surface area contributed by atoms with E-state index < -0.39 is 0 Å². The molecule has 16 heavy (non-hydrogen) atoms. The first-order valence-corrected chi connectivity index (χ1v) is 5.06. The smallest absolute Gasteiger partial charge is 0.137 e. The van der Waals surface area contributed by atoms with Crippen LogP contribution in [-0.2, 0) is 0 Å². The van der Waals surface area contributed by atoms with Gasteiger partial charge in [-0.05, 0) is 13.0 Å². The van der Waals surface area contributed by atoms with Crippen molar-refractivity contribution >= 4 is 11.6 Å². The van der Waals surface area contributed by atoms with Crippen molar-refractivity contribution < 1.29 is 4.74 Å². The van der Waals surface area contributed by atoms with Gasteiger partial charge in [0.05, 0.1) is 19.0 Å². The number of pyridine rings is 1. The molecule has 0 aliphatic heterocycles. The van der Waals surface area contributed by atoms with E-state index in [2.05, 4.69) is 15.0 Å². The molecule has 2 aromatic heterocycles. The maximum absolute atomic E-state index is 5.93. The molecule has 0 radical (unpaired) electrons. The highest BCUT2D eigenvalue weighted by molar-refractivity contribution is 6.30. The minimum absolute atomic E-state index is 0.452. The van der Waals surface area contributed by atoms with Crippen LogP contribution in [0.15, 0.2) is 24.8 Å². The average Bonchev–Trinajstić information content (AvgIpc) is 2.33. The number of rotatable bonds is 2. The minimum atomic E-state index is 0.452. The molecule has 0 bridgehead atoms. The lowest BCUT2D eigenvalue weighted by atomic mass is 10.1. The topological polar surface area (TPSA) is 47.9 Å². The largest absolute Gasteiger partial charge is 0.495 e. The van der Waals surface area contributed by atoms with Crippen molar-refractivity contribution in [1.29, 1.82) is 0 Å². The second-order valence-electron chi connectivity index (χ2n) is 3.25. The summed E-state index contributed by atoms with van der Waals surface area (Å²) in [7, 11) is 1.60. The summed E-state index contributed by atoms with van der Waals surface area (Å²) in [5, 5.41) is 0.452. The Bertz CT molecular complexity index is 516. The van der Waals surface area contributed by atoms with Crippen LogP contribution in [-0.4, -0.2) is 22.1 Å². The van der Waals surface area contributed by atoms with E-state index in [4.69, 9.17) is 16.3 Å². The van der Waals surface area contributed by atoms with Crippen LogP contribution in [0.1, 0.15) is 5.56 Å². The molecule has 0 spiro atoms. The number of hydrogen-bond acceptors (Lipinski definition) is 4. The van der Waals surface area contributed by atoms with Crippen LogP contribution in [0.5, 0.6) is 5.75 Å². The number of methoxy groups -OCH3 is 1. The molecular formula is C11H10ClN3O. The van der Waals surface area contributed by atoms with Gasteiger partial charge in [-0.2, -0.15) is 0 Å². The van der Waals surface area contributed by atoms with Crippen molar-refractivity contribution in [2.24, 2.45) is 0 Å². The van der Waals surface area contributed by atoms with Gasteiger partial charge in [0.1, 0.15) is 17.2 Å². The monoisotopic (exact) mass is 235 g/mol. The predicted octanol–water partition coefficient (Wildman–Crippen LogP) is 2.51. The van der Waals surface area contributed by atoms with Crippen molar-refractivity contribution in [2.75, 3.05) is 7.11 Å². The van der Waals surface area contributed by atoms with Gasteiger partial charge in [-0.15, -0.1) is 0 Å². The molecule has 0 saturated carbocycles. The van der Waals surface area contributed by atoms with E-state index in [9.17, 15) is 0 Å². The molecule has 0 aliphatic rings.